The topological polar surface area (TPSA) is 61.0 Å². The van der Waals surface area contributed by atoms with E-state index in [1.807, 2.05) is 37.9 Å². The van der Waals surface area contributed by atoms with Crippen LogP contribution in [-0.4, -0.2) is 39.5 Å². The number of nitrogens with one attached hydrogen (secondary N) is 2. The van der Waals surface area contributed by atoms with Gasteiger partial charge in [0, 0.05) is 31.0 Å². The highest BCUT2D eigenvalue weighted by Crippen LogP contribution is 2.32. The molecule has 0 bridgehead atoms. The Morgan fingerprint density at radius 2 is 2.09 bits per heavy atom. The number of likely N-dealkylation sites (tertiary alicyclic amines) is 1. The Morgan fingerprint density at radius 3 is 2.77 bits per heavy atom. The van der Waals surface area contributed by atoms with Gasteiger partial charge >= 0.3 is 6.03 Å². The number of amides is 2. The number of urea groups is 1. The van der Waals surface area contributed by atoms with Crippen molar-refractivity contribution in [3.05, 3.63) is 30.1 Å². The van der Waals surface area contributed by atoms with Gasteiger partial charge in [0.1, 0.15) is 0 Å². The zero-order valence-electron chi connectivity index (χ0n) is 13.5. The summed E-state index contributed by atoms with van der Waals surface area (Å²) >= 11 is 0. The van der Waals surface area contributed by atoms with Crippen LogP contribution in [0.1, 0.15) is 45.1 Å². The van der Waals surface area contributed by atoms with Crippen LogP contribution in [0.5, 0.6) is 0 Å². The molecule has 5 nitrogen and oxygen atoms in total. The van der Waals surface area contributed by atoms with Gasteiger partial charge in [-0.05, 0) is 57.2 Å². The molecule has 0 saturated carbocycles. The molecule has 0 unspecified atom stereocenters. The Morgan fingerprint density at radius 1 is 1.36 bits per heavy atom. The van der Waals surface area contributed by atoms with Crippen molar-refractivity contribution >= 4 is 17.1 Å². The summed E-state index contributed by atoms with van der Waals surface area (Å²) in [6.07, 6.45) is 5.89. The van der Waals surface area contributed by atoms with E-state index in [1.165, 1.54) is 5.56 Å². The molecule has 1 aliphatic heterocycles. The van der Waals surface area contributed by atoms with Crippen LogP contribution in [0.3, 0.4) is 0 Å². The second-order valence-electron chi connectivity index (χ2n) is 7.09. The molecule has 2 N–H and O–H groups in total. The van der Waals surface area contributed by atoms with E-state index < -0.39 is 0 Å². The van der Waals surface area contributed by atoms with E-state index in [9.17, 15) is 4.79 Å². The monoisotopic (exact) mass is 300 g/mol. The fourth-order valence-corrected chi connectivity index (χ4v) is 3.08. The number of H-pyrrole nitrogens is 1. The number of piperidine rings is 1. The van der Waals surface area contributed by atoms with E-state index in [0.717, 1.165) is 37.0 Å². The van der Waals surface area contributed by atoms with Gasteiger partial charge in [-0.1, -0.05) is 0 Å². The third kappa shape index (κ3) is 3.08. The van der Waals surface area contributed by atoms with Gasteiger partial charge in [-0.2, -0.15) is 0 Å². The van der Waals surface area contributed by atoms with Gasteiger partial charge in [0.2, 0.25) is 0 Å². The van der Waals surface area contributed by atoms with Crippen LogP contribution in [0, 0.1) is 0 Å². The van der Waals surface area contributed by atoms with E-state index in [-0.39, 0.29) is 11.6 Å². The molecule has 3 heterocycles. The van der Waals surface area contributed by atoms with Crippen molar-refractivity contribution in [2.45, 2.75) is 45.1 Å². The minimum atomic E-state index is -0.186. The molecule has 1 saturated heterocycles. The molecule has 2 amide bonds. The summed E-state index contributed by atoms with van der Waals surface area (Å²) in [5.41, 5.74) is 3.26. The van der Waals surface area contributed by atoms with Crippen LogP contribution >= 0.6 is 0 Å². The largest absolute Gasteiger partial charge is 0.360 e. The van der Waals surface area contributed by atoms with Crippen molar-refractivity contribution < 1.29 is 4.79 Å². The van der Waals surface area contributed by atoms with Gasteiger partial charge in [0.15, 0.2) is 0 Å². The average Bonchev–Trinajstić information content (AvgIpc) is 2.89. The Bertz CT molecular complexity index is 663. The molecular weight excluding hydrogens is 276 g/mol. The Labute approximate surface area is 131 Å². The van der Waals surface area contributed by atoms with Crippen LogP contribution in [0.15, 0.2) is 24.5 Å². The lowest BCUT2D eigenvalue weighted by molar-refractivity contribution is 0.173. The van der Waals surface area contributed by atoms with Crippen molar-refractivity contribution in [3.8, 4) is 0 Å². The molecule has 1 fully saturated rings. The third-order valence-corrected chi connectivity index (χ3v) is 4.17. The minimum Gasteiger partial charge on any atom is -0.360 e. The summed E-state index contributed by atoms with van der Waals surface area (Å²) in [5.74, 6) is 0.474. The van der Waals surface area contributed by atoms with Crippen LogP contribution < -0.4 is 5.32 Å². The summed E-state index contributed by atoms with van der Waals surface area (Å²) in [7, 11) is 0. The van der Waals surface area contributed by atoms with Crippen molar-refractivity contribution in [2.24, 2.45) is 0 Å². The molecule has 0 radical (unpaired) electrons. The first kappa shape index (κ1) is 14.9. The number of fused-ring (bicyclic) bond motifs is 1. The highest BCUT2D eigenvalue weighted by atomic mass is 16.2. The molecule has 0 aliphatic carbocycles. The first-order valence-electron chi connectivity index (χ1n) is 7.93. The van der Waals surface area contributed by atoms with Gasteiger partial charge in [-0.25, -0.2) is 4.79 Å². The van der Waals surface area contributed by atoms with Crippen molar-refractivity contribution in [3.63, 3.8) is 0 Å². The van der Waals surface area contributed by atoms with Gasteiger partial charge in [0.05, 0.1) is 11.0 Å². The second-order valence-corrected chi connectivity index (χ2v) is 7.09. The molecule has 2 aromatic rings. The number of hydrogen-bond donors (Lipinski definition) is 2. The molecular formula is C17H24N4O. The van der Waals surface area contributed by atoms with Gasteiger partial charge < -0.3 is 15.2 Å². The summed E-state index contributed by atoms with van der Waals surface area (Å²) in [4.78, 5) is 21.9. The Kier molecular flexibility index (Phi) is 3.81. The number of nitrogens with zero attached hydrogens (tertiary/aromatic N) is 2. The minimum absolute atomic E-state index is 0.0444. The van der Waals surface area contributed by atoms with Gasteiger partial charge in [-0.15, -0.1) is 0 Å². The number of carbonyl (C=O) groups is 1. The fraction of sp³-hybridized carbons (Fsp3) is 0.529. The summed E-state index contributed by atoms with van der Waals surface area (Å²) < 4.78 is 0. The number of aromatic nitrogens is 2. The van der Waals surface area contributed by atoms with Crippen molar-refractivity contribution in [1.82, 2.24) is 20.2 Å². The summed E-state index contributed by atoms with van der Waals surface area (Å²) in [5, 5.41) is 3.04. The Hall–Kier alpha value is -2.04. The predicted octanol–water partition coefficient (Wildman–Crippen LogP) is 3.25. The maximum Gasteiger partial charge on any atom is 0.317 e. The maximum absolute atomic E-state index is 12.2. The van der Waals surface area contributed by atoms with Crippen molar-refractivity contribution in [2.75, 3.05) is 13.1 Å². The van der Waals surface area contributed by atoms with Gasteiger partial charge in [-0.3, -0.25) is 4.98 Å². The van der Waals surface area contributed by atoms with Crippen LogP contribution in [0.4, 0.5) is 4.79 Å². The Balaban J connectivity index is 1.66. The maximum atomic E-state index is 12.2. The smallest absolute Gasteiger partial charge is 0.317 e. The average molecular weight is 300 g/mol. The van der Waals surface area contributed by atoms with Gasteiger partial charge in [0.25, 0.3) is 0 Å². The molecule has 3 rings (SSSR count). The molecule has 5 heteroatoms. The standard InChI is InChI=1S/C17H24N4O/c1-17(2,3)20-16(22)21-9-6-12(7-10-21)13-11-19-14-5-4-8-18-15(13)14/h4-5,8,11-12,19H,6-7,9-10H2,1-3H3,(H,20,22). The zero-order chi connectivity index (χ0) is 15.7. The van der Waals surface area contributed by atoms with Crippen LogP contribution in [0.25, 0.3) is 11.0 Å². The quantitative estimate of drug-likeness (QED) is 0.849. The van der Waals surface area contributed by atoms with E-state index in [1.54, 1.807) is 0 Å². The third-order valence-electron chi connectivity index (χ3n) is 4.17. The van der Waals surface area contributed by atoms with E-state index in [4.69, 9.17) is 0 Å². The van der Waals surface area contributed by atoms with E-state index >= 15 is 0 Å². The van der Waals surface area contributed by atoms with Crippen molar-refractivity contribution in [1.29, 1.82) is 0 Å². The fourth-order valence-electron chi connectivity index (χ4n) is 3.08. The summed E-state index contributed by atoms with van der Waals surface area (Å²) in [6.45, 7) is 7.62. The number of aromatic amines is 1. The first-order valence-corrected chi connectivity index (χ1v) is 7.93. The molecule has 2 aromatic heterocycles. The lowest BCUT2D eigenvalue weighted by Gasteiger charge is -2.34. The SMILES string of the molecule is CC(C)(C)NC(=O)N1CCC(c2c[nH]c3cccnc23)CC1. The molecule has 0 spiro atoms. The first-order chi connectivity index (χ1) is 10.4. The van der Waals surface area contributed by atoms with E-state index in [0.29, 0.717) is 5.92 Å². The van der Waals surface area contributed by atoms with E-state index in [2.05, 4.69) is 27.5 Å². The second kappa shape index (κ2) is 5.63. The molecule has 118 valence electrons. The lowest BCUT2D eigenvalue weighted by Crippen LogP contribution is -2.50. The molecule has 22 heavy (non-hydrogen) atoms. The number of rotatable bonds is 1. The number of hydrogen-bond acceptors (Lipinski definition) is 2. The molecule has 0 aromatic carbocycles. The zero-order valence-corrected chi connectivity index (χ0v) is 13.5. The molecule has 1 aliphatic rings. The van der Waals surface area contributed by atoms with Crippen LogP contribution in [-0.2, 0) is 0 Å². The highest BCUT2D eigenvalue weighted by molar-refractivity contribution is 5.79. The predicted molar refractivity (Wildman–Crippen MR) is 87.9 cm³/mol. The highest BCUT2D eigenvalue weighted by Gasteiger charge is 2.27. The lowest BCUT2D eigenvalue weighted by atomic mass is 9.90. The number of pyridine rings is 1. The normalized spacial score (nSPS) is 17.0. The summed E-state index contributed by atoms with van der Waals surface area (Å²) in [6, 6.07) is 4.04. The number of carbonyl (C=O) groups excluding carboxylic acids is 1. The molecule has 0 atom stereocenters. The van der Waals surface area contributed by atoms with Crippen LogP contribution in [0.2, 0.25) is 0 Å².